The van der Waals surface area contributed by atoms with Crippen LogP contribution in [0.4, 0.5) is 0 Å². The lowest BCUT2D eigenvalue weighted by Gasteiger charge is -2.06. The highest BCUT2D eigenvalue weighted by Crippen LogP contribution is 2.43. The topological polar surface area (TPSA) is 17.1 Å². The predicted octanol–water partition coefficient (Wildman–Crippen LogP) is 2.75. The largest absolute Gasteiger partial charge is 0.303 e. The van der Waals surface area contributed by atoms with Gasteiger partial charge in [0.05, 0.1) is 5.92 Å². The SMILES string of the molecule is Cc1ccsc1C(C=O)C1CC1. The summed E-state index contributed by atoms with van der Waals surface area (Å²) < 4.78 is 0. The maximum Gasteiger partial charge on any atom is 0.128 e. The Morgan fingerprint density at radius 3 is 2.83 bits per heavy atom. The van der Waals surface area contributed by atoms with E-state index in [1.54, 1.807) is 11.3 Å². The Bertz CT molecular complexity index is 286. The summed E-state index contributed by atoms with van der Waals surface area (Å²) in [5.74, 6) is 0.852. The Kier molecular flexibility index (Phi) is 2.01. The van der Waals surface area contributed by atoms with Gasteiger partial charge in [0.15, 0.2) is 0 Å². The monoisotopic (exact) mass is 180 g/mol. The zero-order valence-electron chi connectivity index (χ0n) is 7.12. The molecule has 1 nitrogen and oxygen atoms in total. The maximum atomic E-state index is 10.8. The molecule has 0 amide bonds. The van der Waals surface area contributed by atoms with Gasteiger partial charge in [-0.2, -0.15) is 0 Å². The molecule has 12 heavy (non-hydrogen) atoms. The minimum atomic E-state index is 0.199. The van der Waals surface area contributed by atoms with Crippen LogP contribution in [0.1, 0.15) is 29.2 Å². The van der Waals surface area contributed by atoms with Crippen LogP contribution in [-0.4, -0.2) is 6.29 Å². The van der Waals surface area contributed by atoms with Gasteiger partial charge in [0.1, 0.15) is 6.29 Å². The van der Waals surface area contributed by atoms with Gasteiger partial charge in [0.25, 0.3) is 0 Å². The molecular weight excluding hydrogens is 168 g/mol. The van der Waals surface area contributed by atoms with Crippen LogP contribution in [-0.2, 0) is 4.79 Å². The Balaban J connectivity index is 2.26. The molecular formula is C10H12OS. The fourth-order valence-corrected chi connectivity index (χ4v) is 2.65. The highest BCUT2D eigenvalue weighted by atomic mass is 32.1. The average Bonchev–Trinajstić information content (AvgIpc) is 2.80. The van der Waals surface area contributed by atoms with Gasteiger partial charge in [0.2, 0.25) is 0 Å². The van der Waals surface area contributed by atoms with E-state index in [-0.39, 0.29) is 5.92 Å². The number of hydrogen-bond acceptors (Lipinski definition) is 2. The van der Waals surface area contributed by atoms with Crippen LogP contribution in [0.3, 0.4) is 0 Å². The fourth-order valence-electron chi connectivity index (χ4n) is 1.57. The van der Waals surface area contributed by atoms with Gasteiger partial charge in [-0.15, -0.1) is 11.3 Å². The third-order valence-electron chi connectivity index (χ3n) is 2.48. The molecule has 1 saturated carbocycles. The number of aldehydes is 1. The molecule has 1 heterocycles. The van der Waals surface area contributed by atoms with Crippen molar-refractivity contribution in [3.8, 4) is 0 Å². The average molecular weight is 180 g/mol. The number of carbonyl (C=O) groups excluding carboxylic acids is 1. The Labute approximate surface area is 76.4 Å². The minimum Gasteiger partial charge on any atom is -0.303 e. The van der Waals surface area contributed by atoms with Crippen LogP contribution >= 0.6 is 11.3 Å². The lowest BCUT2D eigenvalue weighted by Crippen LogP contribution is -2.01. The minimum absolute atomic E-state index is 0.199. The van der Waals surface area contributed by atoms with Gasteiger partial charge in [0, 0.05) is 4.88 Å². The molecule has 2 heteroatoms. The van der Waals surface area contributed by atoms with Crippen molar-refractivity contribution in [1.82, 2.24) is 0 Å². The van der Waals surface area contributed by atoms with Crippen LogP contribution in [0.15, 0.2) is 11.4 Å². The van der Waals surface area contributed by atoms with E-state index in [2.05, 4.69) is 18.4 Å². The molecule has 0 aliphatic heterocycles. The second kappa shape index (κ2) is 3.02. The number of hydrogen-bond donors (Lipinski definition) is 0. The van der Waals surface area contributed by atoms with Gasteiger partial charge >= 0.3 is 0 Å². The summed E-state index contributed by atoms with van der Waals surface area (Å²) >= 11 is 1.72. The van der Waals surface area contributed by atoms with Gasteiger partial charge in [-0.3, -0.25) is 0 Å². The summed E-state index contributed by atoms with van der Waals surface area (Å²) in [6, 6.07) is 2.10. The molecule has 64 valence electrons. The third-order valence-corrected chi connectivity index (χ3v) is 3.60. The third kappa shape index (κ3) is 1.31. The molecule has 0 aromatic carbocycles. The number of aryl methyl sites for hydroxylation is 1. The first-order chi connectivity index (χ1) is 5.83. The van der Waals surface area contributed by atoms with Gasteiger partial charge in [-0.25, -0.2) is 0 Å². The van der Waals surface area contributed by atoms with Crippen molar-refractivity contribution >= 4 is 17.6 Å². The van der Waals surface area contributed by atoms with E-state index >= 15 is 0 Å². The van der Waals surface area contributed by atoms with Crippen molar-refractivity contribution < 1.29 is 4.79 Å². The second-order valence-electron chi connectivity index (χ2n) is 3.47. The summed E-state index contributed by atoms with van der Waals surface area (Å²) in [7, 11) is 0. The first-order valence-electron chi connectivity index (χ1n) is 4.32. The Morgan fingerprint density at radius 1 is 1.67 bits per heavy atom. The Hall–Kier alpha value is -0.630. The van der Waals surface area contributed by atoms with E-state index < -0.39 is 0 Å². The van der Waals surface area contributed by atoms with Crippen LogP contribution in [0.5, 0.6) is 0 Å². The molecule has 0 radical (unpaired) electrons. The summed E-state index contributed by atoms with van der Waals surface area (Å²) in [6.45, 7) is 2.09. The number of carbonyl (C=O) groups is 1. The van der Waals surface area contributed by atoms with Crippen molar-refractivity contribution in [3.63, 3.8) is 0 Å². The number of thiophene rings is 1. The Morgan fingerprint density at radius 2 is 2.42 bits per heavy atom. The van der Waals surface area contributed by atoms with E-state index in [1.165, 1.54) is 23.3 Å². The van der Waals surface area contributed by atoms with E-state index in [0.29, 0.717) is 5.92 Å². The molecule has 1 unspecified atom stereocenters. The molecule has 1 aromatic rings. The summed E-state index contributed by atoms with van der Waals surface area (Å²) in [4.78, 5) is 12.1. The second-order valence-corrected chi connectivity index (χ2v) is 4.41. The lowest BCUT2D eigenvalue weighted by molar-refractivity contribution is -0.109. The van der Waals surface area contributed by atoms with Crippen molar-refractivity contribution in [2.24, 2.45) is 5.92 Å². The summed E-state index contributed by atoms with van der Waals surface area (Å²) in [6.07, 6.45) is 3.60. The van der Waals surface area contributed by atoms with Gasteiger partial charge < -0.3 is 4.79 Å². The standard InChI is InChI=1S/C10H12OS/c1-7-4-5-12-10(7)9(6-11)8-2-3-8/h4-6,8-9H,2-3H2,1H3. The molecule has 1 aliphatic carbocycles. The highest BCUT2D eigenvalue weighted by Gasteiger charge is 2.33. The van der Waals surface area contributed by atoms with Crippen LogP contribution in [0.2, 0.25) is 0 Å². The first kappa shape index (κ1) is 7.99. The smallest absolute Gasteiger partial charge is 0.128 e. The van der Waals surface area contributed by atoms with Crippen molar-refractivity contribution in [1.29, 1.82) is 0 Å². The van der Waals surface area contributed by atoms with Crippen molar-refractivity contribution in [2.75, 3.05) is 0 Å². The molecule has 1 atom stereocenters. The van der Waals surface area contributed by atoms with Crippen LogP contribution in [0.25, 0.3) is 0 Å². The van der Waals surface area contributed by atoms with Crippen LogP contribution in [0, 0.1) is 12.8 Å². The van der Waals surface area contributed by atoms with Gasteiger partial charge in [-0.1, -0.05) is 0 Å². The van der Waals surface area contributed by atoms with E-state index in [4.69, 9.17) is 0 Å². The summed E-state index contributed by atoms with van der Waals surface area (Å²) in [5, 5.41) is 2.07. The molecule has 0 spiro atoms. The fraction of sp³-hybridized carbons (Fsp3) is 0.500. The molecule has 0 saturated heterocycles. The first-order valence-corrected chi connectivity index (χ1v) is 5.20. The number of rotatable bonds is 3. The molecule has 1 aliphatic rings. The quantitative estimate of drug-likeness (QED) is 0.654. The molecule has 1 aromatic heterocycles. The highest BCUT2D eigenvalue weighted by molar-refractivity contribution is 7.10. The zero-order chi connectivity index (χ0) is 8.55. The van der Waals surface area contributed by atoms with E-state index in [0.717, 1.165) is 6.29 Å². The normalized spacial score (nSPS) is 19.1. The molecule has 0 bridgehead atoms. The maximum absolute atomic E-state index is 10.8. The zero-order valence-corrected chi connectivity index (χ0v) is 7.93. The van der Waals surface area contributed by atoms with E-state index in [9.17, 15) is 4.79 Å². The molecule has 2 rings (SSSR count). The summed E-state index contributed by atoms with van der Waals surface area (Å²) in [5.41, 5.74) is 1.28. The predicted molar refractivity (Wildman–Crippen MR) is 50.6 cm³/mol. The molecule has 1 fully saturated rings. The van der Waals surface area contributed by atoms with E-state index in [1.807, 2.05) is 0 Å². The molecule has 0 N–H and O–H groups in total. The van der Waals surface area contributed by atoms with Gasteiger partial charge in [-0.05, 0) is 42.7 Å². The van der Waals surface area contributed by atoms with Crippen molar-refractivity contribution in [3.05, 3.63) is 21.9 Å². The van der Waals surface area contributed by atoms with Crippen molar-refractivity contribution in [2.45, 2.75) is 25.7 Å². The van der Waals surface area contributed by atoms with Crippen LogP contribution < -0.4 is 0 Å². The lowest BCUT2D eigenvalue weighted by atomic mass is 10.0.